The lowest BCUT2D eigenvalue weighted by Crippen LogP contribution is -2.55. The fourth-order valence-corrected chi connectivity index (χ4v) is 5.58. The molecule has 0 aliphatic carbocycles. The van der Waals surface area contributed by atoms with Gasteiger partial charge in [-0.1, -0.05) is 23.7 Å². The molecule has 6 nitrogen and oxygen atoms in total. The van der Waals surface area contributed by atoms with Crippen molar-refractivity contribution in [1.29, 1.82) is 0 Å². The molecule has 8 heteroatoms. The van der Waals surface area contributed by atoms with Crippen molar-refractivity contribution in [3.05, 3.63) is 64.9 Å². The first-order valence-corrected chi connectivity index (χ1v) is 12.4. The third-order valence-corrected chi connectivity index (χ3v) is 7.69. The number of hydrogen-bond acceptors (Lipinski definition) is 5. The molecule has 0 spiro atoms. The number of amides is 2. The van der Waals surface area contributed by atoms with E-state index < -0.39 is 0 Å². The lowest BCUT2D eigenvalue weighted by atomic mass is 10.00. The van der Waals surface area contributed by atoms with E-state index in [-0.39, 0.29) is 30.1 Å². The van der Waals surface area contributed by atoms with E-state index >= 15 is 0 Å². The van der Waals surface area contributed by atoms with Crippen LogP contribution in [0.2, 0.25) is 5.02 Å². The Balaban J connectivity index is 1.11. The van der Waals surface area contributed by atoms with Crippen molar-refractivity contribution in [2.75, 3.05) is 44.2 Å². The van der Waals surface area contributed by atoms with Crippen LogP contribution in [0.3, 0.4) is 0 Å². The highest BCUT2D eigenvalue weighted by molar-refractivity contribution is 6.30. The highest BCUT2D eigenvalue weighted by Gasteiger charge is 2.43. The van der Waals surface area contributed by atoms with E-state index in [2.05, 4.69) is 14.7 Å². The van der Waals surface area contributed by atoms with Crippen LogP contribution in [0.4, 0.5) is 10.1 Å². The van der Waals surface area contributed by atoms with Gasteiger partial charge in [-0.25, -0.2) is 4.39 Å². The predicted octanol–water partition coefficient (Wildman–Crippen LogP) is 3.39. The Hall–Kier alpha value is -2.48. The smallest absolute Gasteiger partial charge is 0.247 e. The van der Waals surface area contributed by atoms with Gasteiger partial charge in [-0.3, -0.25) is 24.3 Å². The Morgan fingerprint density at radius 1 is 0.824 bits per heavy atom. The molecule has 180 valence electrons. The van der Waals surface area contributed by atoms with Gasteiger partial charge >= 0.3 is 0 Å². The summed E-state index contributed by atoms with van der Waals surface area (Å²) in [6.45, 7) is 5.81. The number of likely N-dealkylation sites (tertiary alicyclic amines) is 2. The molecule has 0 aromatic heterocycles. The van der Waals surface area contributed by atoms with E-state index in [1.807, 2.05) is 24.3 Å². The van der Waals surface area contributed by atoms with E-state index in [1.165, 1.54) is 17.0 Å². The molecule has 3 fully saturated rings. The minimum Gasteiger partial charge on any atom is -0.369 e. The first-order chi connectivity index (χ1) is 16.5. The molecule has 2 aromatic rings. The van der Waals surface area contributed by atoms with Crippen molar-refractivity contribution >= 4 is 29.1 Å². The maximum atomic E-state index is 13.2. The molecule has 5 rings (SSSR count). The Morgan fingerprint density at radius 2 is 1.47 bits per heavy atom. The van der Waals surface area contributed by atoms with Crippen LogP contribution in [-0.2, 0) is 16.1 Å². The van der Waals surface area contributed by atoms with Crippen LogP contribution >= 0.6 is 11.6 Å². The molecule has 34 heavy (non-hydrogen) atoms. The maximum absolute atomic E-state index is 13.2. The lowest BCUT2D eigenvalue weighted by Gasteiger charge is -2.44. The van der Waals surface area contributed by atoms with Gasteiger partial charge in [-0.2, -0.15) is 0 Å². The van der Waals surface area contributed by atoms with Crippen molar-refractivity contribution in [2.24, 2.45) is 0 Å². The van der Waals surface area contributed by atoms with Gasteiger partial charge in [0, 0.05) is 56.0 Å². The third-order valence-electron chi connectivity index (χ3n) is 7.44. The minimum atomic E-state index is -0.337. The molecule has 1 atom stereocenters. The Kier molecular flexibility index (Phi) is 6.86. The van der Waals surface area contributed by atoms with Gasteiger partial charge in [-0.05, 0) is 54.8 Å². The third kappa shape index (κ3) is 4.97. The second-order valence-corrected chi connectivity index (χ2v) is 9.87. The maximum Gasteiger partial charge on any atom is 0.247 e. The summed E-state index contributed by atoms with van der Waals surface area (Å²) in [5.74, 6) is -0.375. The zero-order valence-electron chi connectivity index (χ0n) is 19.2. The zero-order chi connectivity index (χ0) is 23.7. The van der Waals surface area contributed by atoms with Crippen LogP contribution in [0, 0.1) is 5.82 Å². The number of piperazine rings is 1. The average Bonchev–Trinajstić information content (AvgIpc) is 3.14. The molecule has 2 aromatic carbocycles. The number of benzene rings is 2. The molecular weight excluding hydrogens is 455 g/mol. The molecular formula is C26H30ClFN4O2. The molecule has 3 heterocycles. The molecule has 0 unspecified atom stereocenters. The summed E-state index contributed by atoms with van der Waals surface area (Å²) in [5, 5.41) is 0.639. The highest BCUT2D eigenvalue weighted by Crippen LogP contribution is 2.27. The van der Waals surface area contributed by atoms with E-state index in [9.17, 15) is 14.0 Å². The van der Waals surface area contributed by atoms with Crippen LogP contribution in [0.5, 0.6) is 0 Å². The summed E-state index contributed by atoms with van der Waals surface area (Å²) in [7, 11) is 0. The van der Waals surface area contributed by atoms with Gasteiger partial charge in [0.05, 0.1) is 19.0 Å². The Bertz CT molecular complexity index is 1020. The van der Waals surface area contributed by atoms with Gasteiger partial charge in [0.2, 0.25) is 11.8 Å². The van der Waals surface area contributed by atoms with Crippen molar-refractivity contribution in [3.8, 4) is 0 Å². The zero-order valence-corrected chi connectivity index (χ0v) is 20.0. The quantitative estimate of drug-likeness (QED) is 0.609. The van der Waals surface area contributed by atoms with E-state index in [1.54, 1.807) is 12.1 Å². The minimum absolute atomic E-state index is 0.0775. The molecule has 0 N–H and O–H groups in total. The van der Waals surface area contributed by atoms with Gasteiger partial charge < -0.3 is 4.90 Å². The summed E-state index contributed by atoms with van der Waals surface area (Å²) in [4.78, 5) is 34.1. The van der Waals surface area contributed by atoms with Gasteiger partial charge in [0.15, 0.2) is 0 Å². The molecule has 0 radical (unpaired) electrons. The number of piperidine rings is 1. The number of carbonyl (C=O) groups excluding carboxylic acids is 2. The normalized spacial score (nSPS) is 23.2. The fraction of sp³-hybridized carbons (Fsp3) is 0.462. The summed E-state index contributed by atoms with van der Waals surface area (Å²) >= 11 is 5.95. The number of hydrogen-bond donors (Lipinski definition) is 0. The first-order valence-electron chi connectivity index (χ1n) is 12.1. The van der Waals surface area contributed by atoms with Crippen LogP contribution in [-0.4, -0.2) is 77.9 Å². The fourth-order valence-electron chi connectivity index (χ4n) is 5.45. The number of nitrogens with zero attached hydrogens (tertiary/aromatic N) is 4. The lowest BCUT2D eigenvalue weighted by molar-refractivity contribution is -0.140. The second-order valence-electron chi connectivity index (χ2n) is 9.43. The highest BCUT2D eigenvalue weighted by atomic mass is 35.5. The van der Waals surface area contributed by atoms with Crippen molar-refractivity contribution < 1.29 is 14.0 Å². The van der Waals surface area contributed by atoms with Crippen molar-refractivity contribution in [1.82, 2.24) is 14.7 Å². The summed E-state index contributed by atoms with van der Waals surface area (Å²) in [6, 6.07) is 14.2. The van der Waals surface area contributed by atoms with E-state index in [0.717, 1.165) is 63.4 Å². The van der Waals surface area contributed by atoms with Gasteiger partial charge in [-0.15, -0.1) is 0 Å². The molecule has 0 saturated carbocycles. The number of imide groups is 1. The van der Waals surface area contributed by atoms with Crippen molar-refractivity contribution in [2.45, 2.75) is 37.9 Å². The van der Waals surface area contributed by atoms with Crippen LogP contribution in [0.15, 0.2) is 48.5 Å². The molecule has 3 aliphatic heterocycles. The van der Waals surface area contributed by atoms with Gasteiger partial charge in [0.25, 0.3) is 0 Å². The summed E-state index contributed by atoms with van der Waals surface area (Å²) < 4.78 is 13.2. The molecule has 0 bridgehead atoms. The Labute approximate surface area is 204 Å². The Morgan fingerprint density at radius 3 is 2.12 bits per heavy atom. The van der Waals surface area contributed by atoms with Crippen LogP contribution in [0.1, 0.15) is 24.8 Å². The summed E-state index contributed by atoms with van der Waals surface area (Å²) in [6.07, 6.45) is 2.28. The predicted molar refractivity (Wildman–Crippen MR) is 130 cm³/mol. The number of rotatable bonds is 5. The van der Waals surface area contributed by atoms with E-state index in [0.29, 0.717) is 17.6 Å². The van der Waals surface area contributed by atoms with Gasteiger partial charge in [0.1, 0.15) is 5.82 Å². The largest absolute Gasteiger partial charge is 0.369 e. The van der Waals surface area contributed by atoms with Crippen molar-refractivity contribution in [3.63, 3.8) is 0 Å². The average molecular weight is 485 g/mol. The second kappa shape index (κ2) is 10.0. The van der Waals surface area contributed by atoms with Crippen LogP contribution < -0.4 is 4.90 Å². The summed E-state index contributed by atoms with van der Waals surface area (Å²) in [5.41, 5.74) is 1.98. The molecule has 3 aliphatic rings. The van der Waals surface area contributed by atoms with E-state index in [4.69, 9.17) is 11.6 Å². The molecule has 3 saturated heterocycles. The topological polar surface area (TPSA) is 47.1 Å². The monoisotopic (exact) mass is 484 g/mol. The van der Waals surface area contributed by atoms with Crippen LogP contribution in [0.25, 0.3) is 0 Å². The molecule has 2 amide bonds. The number of halogens is 2. The standard InChI is InChI=1S/C26H30ClFN4O2/c27-20-3-1-19(2-4-20)18-32-25(33)17-24(26(32)34)31-11-9-23(10-12-31)30-15-13-29(14-16-30)22-7-5-21(28)6-8-22/h1-8,23-24H,9-18H2/t24-/m1/s1. The number of anilines is 1. The number of carbonyl (C=O) groups is 2. The SMILES string of the molecule is O=C1C[C@@H](N2CCC(N3CCN(c4ccc(F)cc4)CC3)CC2)C(=O)N1Cc1ccc(Cl)cc1. The first kappa shape index (κ1) is 23.3.